The van der Waals surface area contributed by atoms with E-state index in [0.29, 0.717) is 5.92 Å². The van der Waals surface area contributed by atoms with E-state index in [2.05, 4.69) is 22.0 Å². The number of carbonyl (C=O) groups excluding carboxylic acids is 1. The van der Waals surface area contributed by atoms with E-state index in [0.717, 1.165) is 71.3 Å². The van der Waals surface area contributed by atoms with E-state index in [9.17, 15) is 4.79 Å². The van der Waals surface area contributed by atoms with Crippen LogP contribution in [0.4, 0.5) is 5.95 Å². The third-order valence-corrected chi connectivity index (χ3v) is 6.99. The highest BCUT2D eigenvalue weighted by molar-refractivity contribution is 6.01. The molecule has 2 saturated heterocycles. The van der Waals surface area contributed by atoms with Crippen molar-refractivity contribution in [2.24, 2.45) is 5.92 Å². The maximum Gasteiger partial charge on any atom is 0.254 e. The van der Waals surface area contributed by atoms with Gasteiger partial charge in [-0.25, -0.2) is 9.97 Å². The predicted molar refractivity (Wildman–Crippen MR) is 120 cm³/mol. The Labute approximate surface area is 182 Å². The summed E-state index contributed by atoms with van der Waals surface area (Å²) in [5, 5.41) is 7.10. The first-order chi connectivity index (χ1) is 14.9. The minimum Gasteiger partial charge on any atom is -0.339 e. The number of fused-ring (bicyclic) bond motifs is 1. The van der Waals surface area contributed by atoms with Gasteiger partial charge in [0.2, 0.25) is 5.95 Å². The standard InChI is InChI=1S/C24H28N6O/c1-14-6-5-7-19(22(14)20-8-10-25-28-20)23(31)30-12-18-9-11-29(13-21(18)30)24-26-16(3)15(2)17(4)27-24/h5-8,10,18,21H,9,11-13H2,1-4H3,(H,25,28)/t18-,21-/m1/s1. The molecule has 2 aliphatic rings. The average molecular weight is 417 g/mol. The summed E-state index contributed by atoms with van der Waals surface area (Å²) in [4.78, 5) is 27.3. The van der Waals surface area contributed by atoms with Gasteiger partial charge in [-0.1, -0.05) is 12.1 Å². The lowest BCUT2D eigenvalue weighted by atomic mass is 9.81. The molecule has 3 aromatic rings. The van der Waals surface area contributed by atoms with Gasteiger partial charge in [-0.15, -0.1) is 0 Å². The summed E-state index contributed by atoms with van der Waals surface area (Å²) in [7, 11) is 0. The van der Waals surface area contributed by atoms with E-state index in [1.54, 1.807) is 6.20 Å². The number of hydrogen-bond donors (Lipinski definition) is 1. The third kappa shape index (κ3) is 3.28. The van der Waals surface area contributed by atoms with Gasteiger partial charge in [0, 0.05) is 54.3 Å². The average Bonchev–Trinajstić information content (AvgIpc) is 3.26. The van der Waals surface area contributed by atoms with Gasteiger partial charge in [0.15, 0.2) is 0 Å². The fourth-order valence-corrected chi connectivity index (χ4v) is 4.86. The molecule has 0 bridgehead atoms. The van der Waals surface area contributed by atoms with Crippen LogP contribution in [-0.2, 0) is 0 Å². The van der Waals surface area contributed by atoms with Crippen molar-refractivity contribution in [3.05, 3.63) is 58.5 Å². The number of hydrogen-bond acceptors (Lipinski definition) is 5. The molecule has 0 unspecified atom stereocenters. The Morgan fingerprint density at radius 3 is 2.55 bits per heavy atom. The number of carbonyl (C=O) groups is 1. The third-order valence-electron chi connectivity index (χ3n) is 6.99. The Balaban J connectivity index is 1.40. The molecule has 0 aliphatic carbocycles. The number of aryl methyl sites for hydroxylation is 3. The van der Waals surface area contributed by atoms with Crippen LogP contribution in [0.25, 0.3) is 11.3 Å². The maximum atomic E-state index is 13.6. The Morgan fingerprint density at radius 2 is 1.84 bits per heavy atom. The molecular weight excluding hydrogens is 388 g/mol. The second-order valence-electron chi connectivity index (χ2n) is 8.81. The van der Waals surface area contributed by atoms with Crippen LogP contribution < -0.4 is 4.90 Å². The number of likely N-dealkylation sites (tertiary alicyclic amines) is 1. The first-order valence-corrected chi connectivity index (χ1v) is 10.9. The molecule has 1 N–H and O–H groups in total. The number of benzene rings is 1. The van der Waals surface area contributed by atoms with E-state index in [1.807, 2.05) is 49.9 Å². The predicted octanol–water partition coefficient (Wildman–Crippen LogP) is 3.45. The molecular formula is C24H28N6O. The lowest BCUT2D eigenvalue weighted by molar-refractivity contribution is 0.00773. The zero-order valence-electron chi connectivity index (χ0n) is 18.5. The van der Waals surface area contributed by atoms with Gasteiger partial charge < -0.3 is 9.80 Å². The van der Waals surface area contributed by atoms with Crippen molar-refractivity contribution < 1.29 is 4.79 Å². The number of nitrogens with one attached hydrogen (secondary N) is 1. The first-order valence-electron chi connectivity index (χ1n) is 10.9. The van der Waals surface area contributed by atoms with Gasteiger partial charge in [0.05, 0.1) is 11.7 Å². The molecule has 7 nitrogen and oxygen atoms in total. The fraction of sp³-hybridized carbons (Fsp3) is 0.417. The van der Waals surface area contributed by atoms with Gasteiger partial charge in [-0.05, 0) is 57.4 Å². The van der Waals surface area contributed by atoms with Gasteiger partial charge in [-0.3, -0.25) is 9.89 Å². The van der Waals surface area contributed by atoms with Crippen molar-refractivity contribution in [3.8, 4) is 11.3 Å². The minimum atomic E-state index is 0.0913. The lowest BCUT2D eigenvalue weighted by Gasteiger charge is -2.53. The molecule has 2 fully saturated rings. The highest BCUT2D eigenvalue weighted by atomic mass is 16.2. The van der Waals surface area contributed by atoms with Crippen molar-refractivity contribution in [3.63, 3.8) is 0 Å². The molecule has 1 amide bonds. The van der Waals surface area contributed by atoms with Crippen LogP contribution in [0.2, 0.25) is 0 Å². The Bertz CT molecular complexity index is 1120. The first kappa shape index (κ1) is 19.7. The SMILES string of the molecule is Cc1cccc(C(=O)N2C[C@H]3CCN(c4nc(C)c(C)c(C)n4)C[C@H]32)c1-c1ccn[nH]1. The Hall–Kier alpha value is -3.22. The second-order valence-corrected chi connectivity index (χ2v) is 8.81. The van der Waals surface area contributed by atoms with Crippen LogP contribution in [0, 0.1) is 33.6 Å². The van der Waals surface area contributed by atoms with E-state index in [-0.39, 0.29) is 11.9 Å². The number of aromatic amines is 1. The van der Waals surface area contributed by atoms with Gasteiger partial charge in [0.1, 0.15) is 0 Å². The summed E-state index contributed by atoms with van der Waals surface area (Å²) >= 11 is 0. The molecule has 0 saturated carbocycles. The Morgan fingerprint density at radius 1 is 1.06 bits per heavy atom. The molecule has 2 atom stereocenters. The van der Waals surface area contributed by atoms with E-state index < -0.39 is 0 Å². The number of piperidine rings is 1. The van der Waals surface area contributed by atoms with Crippen LogP contribution >= 0.6 is 0 Å². The van der Waals surface area contributed by atoms with Gasteiger partial charge in [-0.2, -0.15) is 5.10 Å². The van der Waals surface area contributed by atoms with E-state index >= 15 is 0 Å². The van der Waals surface area contributed by atoms with Gasteiger partial charge in [0.25, 0.3) is 5.91 Å². The molecule has 1 aromatic carbocycles. The highest BCUT2D eigenvalue weighted by Gasteiger charge is 2.46. The second kappa shape index (κ2) is 7.48. The van der Waals surface area contributed by atoms with E-state index in [1.165, 1.54) is 0 Å². The van der Waals surface area contributed by atoms with Crippen molar-refractivity contribution in [2.45, 2.75) is 40.2 Å². The number of anilines is 1. The zero-order valence-corrected chi connectivity index (χ0v) is 18.5. The molecule has 5 rings (SSSR count). The monoisotopic (exact) mass is 416 g/mol. The summed E-state index contributed by atoms with van der Waals surface area (Å²) < 4.78 is 0. The number of aromatic nitrogens is 4. The number of nitrogens with zero attached hydrogens (tertiary/aromatic N) is 5. The summed E-state index contributed by atoms with van der Waals surface area (Å²) in [6.45, 7) is 10.7. The van der Waals surface area contributed by atoms with E-state index in [4.69, 9.17) is 9.97 Å². The molecule has 7 heteroatoms. The molecule has 0 spiro atoms. The molecule has 0 radical (unpaired) electrons. The molecule has 2 aliphatic heterocycles. The van der Waals surface area contributed by atoms with Crippen molar-refractivity contribution in [1.29, 1.82) is 0 Å². The number of rotatable bonds is 3. The normalized spacial score (nSPS) is 20.4. The topological polar surface area (TPSA) is 78.0 Å². The maximum absolute atomic E-state index is 13.6. The highest BCUT2D eigenvalue weighted by Crippen LogP contribution is 2.36. The molecule has 31 heavy (non-hydrogen) atoms. The van der Waals surface area contributed by atoms with Crippen molar-refractivity contribution >= 4 is 11.9 Å². The summed E-state index contributed by atoms with van der Waals surface area (Å²) in [5.41, 5.74) is 6.81. The summed E-state index contributed by atoms with van der Waals surface area (Å²) in [5.74, 6) is 1.42. The molecule has 160 valence electrons. The molecule has 2 aromatic heterocycles. The van der Waals surface area contributed by atoms with Gasteiger partial charge >= 0.3 is 0 Å². The van der Waals surface area contributed by atoms with Crippen LogP contribution in [0.1, 0.15) is 39.3 Å². The zero-order chi connectivity index (χ0) is 21.7. The smallest absolute Gasteiger partial charge is 0.254 e. The Kier molecular flexibility index (Phi) is 4.76. The minimum absolute atomic E-state index is 0.0913. The number of H-pyrrole nitrogens is 1. The molecule has 4 heterocycles. The fourth-order valence-electron chi connectivity index (χ4n) is 4.86. The number of amides is 1. The summed E-state index contributed by atoms with van der Waals surface area (Å²) in [6.07, 6.45) is 2.78. The largest absolute Gasteiger partial charge is 0.339 e. The van der Waals surface area contributed by atoms with Crippen LogP contribution in [0.3, 0.4) is 0 Å². The van der Waals surface area contributed by atoms with Crippen molar-refractivity contribution in [1.82, 2.24) is 25.1 Å². The van der Waals surface area contributed by atoms with Crippen molar-refractivity contribution in [2.75, 3.05) is 24.5 Å². The lowest BCUT2D eigenvalue weighted by Crippen LogP contribution is -2.66. The van der Waals surface area contributed by atoms with Crippen LogP contribution in [-0.4, -0.2) is 56.6 Å². The quantitative estimate of drug-likeness (QED) is 0.708. The summed E-state index contributed by atoms with van der Waals surface area (Å²) in [6, 6.07) is 8.03. The van der Waals surface area contributed by atoms with Crippen LogP contribution in [0.15, 0.2) is 30.5 Å². The van der Waals surface area contributed by atoms with Crippen LogP contribution in [0.5, 0.6) is 0 Å².